The van der Waals surface area contributed by atoms with Crippen LogP contribution in [0.4, 0.5) is 0 Å². The van der Waals surface area contributed by atoms with Crippen molar-refractivity contribution in [3.8, 4) is 5.75 Å². The molecule has 1 aliphatic rings. The van der Waals surface area contributed by atoms with Crippen molar-refractivity contribution in [2.24, 2.45) is 0 Å². The smallest absolute Gasteiger partial charge is 0.253 e. The Balaban J connectivity index is 1.68. The van der Waals surface area contributed by atoms with E-state index in [-0.39, 0.29) is 28.9 Å². The van der Waals surface area contributed by atoms with E-state index in [0.717, 1.165) is 0 Å². The summed E-state index contributed by atoms with van der Waals surface area (Å²) in [6, 6.07) is 11.3. The van der Waals surface area contributed by atoms with Crippen molar-refractivity contribution >= 4 is 39.1 Å². The molecule has 28 heavy (non-hydrogen) atoms. The first-order chi connectivity index (χ1) is 13.3. The van der Waals surface area contributed by atoms with Gasteiger partial charge in [0.2, 0.25) is 10.0 Å². The first-order valence-electron chi connectivity index (χ1n) is 8.80. The maximum atomic E-state index is 12.9. The summed E-state index contributed by atoms with van der Waals surface area (Å²) in [6.07, 6.45) is 0. The molecule has 0 N–H and O–H groups in total. The zero-order valence-corrected chi connectivity index (χ0v) is 17.6. The van der Waals surface area contributed by atoms with Gasteiger partial charge in [0.1, 0.15) is 10.6 Å². The van der Waals surface area contributed by atoms with Crippen LogP contribution in [0.15, 0.2) is 47.4 Å². The molecule has 1 saturated heterocycles. The van der Waals surface area contributed by atoms with Crippen molar-refractivity contribution in [3.05, 3.63) is 58.1 Å². The summed E-state index contributed by atoms with van der Waals surface area (Å²) in [6.45, 7) is 3.42. The SMILES string of the molecule is CCOc1ccc(C(=O)N2CCN(S(=O)(=O)c3cc(Cl)ccc3Cl)CC2)cc1. The minimum Gasteiger partial charge on any atom is -0.494 e. The second kappa shape index (κ2) is 8.69. The van der Waals surface area contributed by atoms with E-state index in [0.29, 0.717) is 36.0 Å². The van der Waals surface area contributed by atoms with Crippen molar-refractivity contribution in [2.75, 3.05) is 32.8 Å². The molecule has 0 radical (unpaired) electrons. The summed E-state index contributed by atoms with van der Waals surface area (Å²) in [5.74, 6) is 0.564. The Kier molecular flexibility index (Phi) is 6.50. The summed E-state index contributed by atoms with van der Waals surface area (Å²) in [5.41, 5.74) is 0.539. The standard InChI is InChI=1S/C19H20Cl2N2O4S/c1-2-27-16-6-3-14(4-7-16)19(24)22-9-11-23(12-10-22)28(25,26)18-13-15(20)5-8-17(18)21/h3-8,13H,2,9-12H2,1H3. The average molecular weight is 443 g/mol. The highest BCUT2D eigenvalue weighted by Crippen LogP contribution is 2.28. The third kappa shape index (κ3) is 4.43. The number of sulfonamides is 1. The summed E-state index contributed by atoms with van der Waals surface area (Å²) in [5, 5.41) is 0.421. The predicted molar refractivity (Wildman–Crippen MR) is 109 cm³/mol. The molecule has 0 atom stereocenters. The molecule has 3 rings (SSSR count). The monoisotopic (exact) mass is 442 g/mol. The van der Waals surface area contributed by atoms with E-state index in [1.807, 2.05) is 6.92 Å². The number of hydrogen-bond donors (Lipinski definition) is 0. The summed E-state index contributed by atoms with van der Waals surface area (Å²) in [7, 11) is -3.78. The van der Waals surface area contributed by atoms with Crippen LogP contribution in [0, 0.1) is 0 Å². The van der Waals surface area contributed by atoms with Crippen LogP contribution in [0.3, 0.4) is 0 Å². The van der Waals surface area contributed by atoms with E-state index in [9.17, 15) is 13.2 Å². The number of halogens is 2. The molecular weight excluding hydrogens is 423 g/mol. The third-order valence-corrected chi connectivity index (χ3v) is 7.06. The number of nitrogens with zero attached hydrogens (tertiary/aromatic N) is 2. The Hall–Kier alpha value is -1.80. The maximum absolute atomic E-state index is 12.9. The molecule has 9 heteroatoms. The second-order valence-electron chi connectivity index (χ2n) is 6.23. The molecule has 6 nitrogen and oxygen atoms in total. The van der Waals surface area contributed by atoms with Crippen LogP contribution < -0.4 is 4.74 Å². The van der Waals surface area contributed by atoms with Gasteiger partial charge >= 0.3 is 0 Å². The lowest BCUT2D eigenvalue weighted by Gasteiger charge is -2.34. The van der Waals surface area contributed by atoms with Gasteiger partial charge in [0.25, 0.3) is 5.91 Å². The summed E-state index contributed by atoms with van der Waals surface area (Å²) < 4.78 is 32.4. The van der Waals surface area contributed by atoms with Gasteiger partial charge in [-0.2, -0.15) is 4.31 Å². The molecule has 2 aromatic rings. The fourth-order valence-electron chi connectivity index (χ4n) is 2.99. The summed E-state index contributed by atoms with van der Waals surface area (Å²) >= 11 is 12.0. The van der Waals surface area contributed by atoms with Gasteiger partial charge in [0.05, 0.1) is 11.6 Å². The van der Waals surface area contributed by atoms with Crippen LogP contribution >= 0.6 is 23.2 Å². The van der Waals surface area contributed by atoms with Gasteiger partial charge in [-0.1, -0.05) is 23.2 Å². The van der Waals surface area contributed by atoms with Crippen LogP contribution in [-0.4, -0.2) is 56.3 Å². The highest BCUT2D eigenvalue weighted by molar-refractivity contribution is 7.89. The molecule has 1 heterocycles. The van der Waals surface area contributed by atoms with E-state index >= 15 is 0 Å². The van der Waals surface area contributed by atoms with E-state index in [1.165, 1.54) is 22.5 Å². The van der Waals surface area contributed by atoms with Crippen molar-refractivity contribution in [2.45, 2.75) is 11.8 Å². The molecule has 0 aliphatic carbocycles. The molecule has 1 aliphatic heterocycles. The maximum Gasteiger partial charge on any atom is 0.253 e. The Morgan fingerprint density at radius 2 is 1.68 bits per heavy atom. The lowest BCUT2D eigenvalue weighted by Crippen LogP contribution is -2.50. The topological polar surface area (TPSA) is 66.9 Å². The van der Waals surface area contributed by atoms with Gasteiger partial charge in [-0.05, 0) is 49.4 Å². The Bertz CT molecular complexity index is 956. The predicted octanol–water partition coefficient (Wildman–Crippen LogP) is 3.54. The lowest BCUT2D eigenvalue weighted by atomic mass is 10.2. The molecule has 0 bridgehead atoms. The van der Waals surface area contributed by atoms with E-state index < -0.39 is 10.0 Å². The molecule has 0 aromatic heterocycles. The van der Waals surface area contributed by atoms with Crippen LogP contribution in [0.2, 0.25) is 10.0 Å². The van der Waals surface area contributed by atoms with E-state index in [1.54, 1.807) is 29.2 Å². The van der Waals surface area contributed by atoms with Crippen LogP contribution in [-0.2, 0) is 10.0 Å². The fraction of sp³-hybridized carbons (Fsp3) is 0.316. The Labute approximate surface area is 174 Å². The molecule has 2 aromatic carbocycles. The molecule has 0 saturated carbocycles. The number of carbonyl (C=O) groups is 1. The Morgan fingerprint density at radius 3 is 2.29 bits per heavy atom. The van der Waals surface area contributed by atoms with Gasteiger partial charge in [-0.25, -0.2) is 8.42 Å². The summed E-state index contributed by atoms with van der Waals surface area (Å²) in [4.78, 5) is 14.3. The highest BCUT2D eigenvalue weighted by atomic mass is 35.5. The van der Waals surface area contributed by atoms with E-state index in [2.05, 4.69) is 0 Å². The van der Waals surface area contributed by atoms with Gasteiger partial charge in [-0.15, -0.1) is 0 Å². The molecule has 0 unspecified atom stereocenters. The minimum absolute atomic E-state index is 0.0204. The molecule has 0 spiro atoms. The number of hydrogen-bond acceptors (Lipinski definition) is 4. The molecule has 1 amide bonds. The zero-order valence-electron chi connectivity index (χ0n) is 15.3. The van der Waals surface area contributed by atoms with Crippen molar-refractivity contribution in [1.29, 1.82) is 0 Å². The van der Waals surface area contributed by atoms with Crippen molar-refractivity contribution in [3.63, 3.8) is 0 Å². The first-order valence-corrected chi connectivity index (χ1v) is 11.0. The van der Waals surface area contributed by atoms with Gasteiger partial charge in [0.15, 0.2) is 0 Å². The molecule has 1 fully saturated rings. The average Bonchev–Trinajstić information content (AvgIpc) is 2.70. The number of ether oxygens (including phenoxy) is 1. The van der Waals surface area contributed by atoms with E-state index in [4.69, 9.17) is 27.9 Å². The third-order valence-electron chi connectivity index (χ3n) is 4.45. The van der Waals surface area contributed by atoms with Crippen molar-refractivity contribution < 1.29 is 17.9 Å². The fourth-order valence-corrected chi connectivity index (χ4v) is 5.15. The molecule has 150 valence electrons. The quantitative estimate of drug-likeness (QED) is 0.709. The second-order valence-corrected chi connectivity index (χ2v) is 8.98. The highest BCUT2D eigenvalue weighted by Gasteiger charge is 2.31. The molecular formula is C19H20Cl2N2O4S. The number of rotatable bonds is 5. The Morgan fingerprint density at radius 1 is 1.04 bits per heavy atom. The zero-order chi connectivity index (χ0) is 20.3. The number of amides is 1. The van der Waals surface area contributed by atoms with Gasteiger partial charge < -0.3 is 9.64 Å². The largest absolute Gasteiger partial charge is 0.494 e. The van der Waals surface area contributed by atoms with Gasteiger partial charge in [0, 0.05) is 36.8 Å². The first kappa shape index (κ1) is 20.9. The van der Waals surface area contributed by atoms with Crippen LogP contribution in [0.25, 0.3) is 0 Å². The van der Waals surface area contributed by atoms with Crippen molar-refractivity contribution in [1.82, 2.24) is 9.21 Å². The number of benzene rings is 2. The number of carbonyl (C=O) groups excluding carboxylic acids is 1. The van der Waals surface area contributed by atoms with Crippen LogP contribution in [0.5, 0.6) is 5.75 Å². The number of piperazine rings is 1. The van der Waals surface area contributed by atoms with Gasteiger partial charge in [-0.3, -0.25) is 4.79 Å². The minimum atomic E-state index is -3.78. The lowest BCUT2D eigenvalue weighted by molar-refractivity contribution is 0.0698. The normalized spacial score (nSPS) is 15.5. The van der Waals surface area contributed by atoms with Crippen LogP contribution in [0.1, 0.15) is 17.3 Å².